The lowest BCUT2D eigenvalue weighted by molar-refractivity contribution is -0.120. The third-order valence-electron chi connectivity index (χ3n) is 5.16. The van der Waals surface area contributed by atoms with Crippen molar-refractivity contribution in [3.05, 3.63) is 22.7 Å². The second-order valence-electron chi connectivity index (χ2n) is 8.79. The van der Waals surface area contributed by atoms with Crippen LogP contribution in [0.5, 0.6) is 0 Å². The molecule has 4 heteroatoms. The van der Waals surface area contributed by atoms with Crippen molar-refractivity contribution in [2.24, 2.45) is 22.5 Å². The SMILES string of the molecule is CC1(C)CC(=O)C2=C(C1)OC1=C(C(=O)CC(C)(C)C1)C2CCN. The molecule has 0 aromatic carbocycles. The van der Waals surface area contributed by atoms with Crippen molar-refractivity contribution >= 4 is 11.6 Å². The summed E-state index contributed by atoms with van der Waals surface area (Å²) >= 11 is 0. The zero-order valence-electron chi connectivity index (χ0n) is 14.6. The van der Waals surface area contributed by atoms with Crippen LogP contribution in [0, 0.1) is 16.7 Å². The summed E-state index contributed by atoms with van der Waals surface area (Å²) in [4.78, 5) is 25.5. The summed E-state index contributed by atoms with van der Waals surface area (Å²) in [6.45, 7) is 8.84. The van der Waals surface area contributed by atoms with Crippen LogP contribution in [0.3, 0.4) is 0 Å². The van der Waals surface area contributed by atoms with E-state index in [4.69, 9.17) is 10.5 Å². The Labute approximate surface area is 138 Å². The number of rotatable bonds is 2. The van der Waals surface area contributed by atoms with E-state index in [1.165, 1.54) is 0 Å². The average molecular weight is 317 g/mol. The number of allylic oxidation sites excluding steroid dienone is 4. The molecule has 0 spiro atoms. The van der Waals surface area contributed by atoms with Gasteiger partial charge in [-0.25, -0.2) is 0 Å². The van der Waals surface area contributed by atoms with Gasteiger partial charge in [-0.1, -0.05) is 27.7 Å². The molecule has 3 aliphatic rings. The summed E-state index contributed by atoms with van der Waals surface area (Å²) in [7, 11) is 0. The molecular formula is C19H27NO3. The molecule has 126 valence electrons. The minimum atomic E-state index is -0.161. The first-order valence-corrected chi connectivity index (χ1v) is 8.54. The molecule has 2 N–H and O–H groups in total. The summed E-state index contributed by atoms with van der Waals surface area (Å²) in [5.41, 5.74) is 7.06. The Morgan fingerprint density at radius 3 is 1.74 bits per heavy atom. The maximum Gasteiger partial charge on any atom is 0.163 e. The summed E-state index contributed by atoms with van der Waals surface area (Å²) < 4.78 is 6.16. The van der Waals surface area contributed by atoms with Gasteiger partial charge in [0, 0.05) is 42.7 Å². The molecule has 0 fully saturated rings. The largest absolute Gasteiger partial charge is 0.465 e. The van der Waals surface area contributed by atoms with Crippen molar-refractivity contribution in [3.8, 4) is 0 Å². The first-order valence-electron chi connectivity index (χ1n) is 8.54. The zero-order chi connectivity index (χ0) is 17.0. The molecule has 0 aromatic rings. The second kappa shape index (κ2) is 5.30. The van der Waals surface area contributed by atoms with E-state index < -0.39 is 0 Å². The van der Waals surface area contributed by atoms with Gasteiger partial charge in [0.05, 0.1) is 0 Å². The standard InChI is InChI=1S/C19H27NO3/c1-18(2)7-12(21)16-11(5-6-20)17-13(22)8-19(3,4)10-15(17)23-14(16)9-18/h11H,5-10,20H2,1-4H3. The highest BCUT2D eigenvalue weighted by molar-refractivity contribution is 6.04. The average Bonchev–Trinajstić information content (AvgIpc) is 2.33. The molecule has 0 bridgehead atoms. The molecule has 1 aliphatic heterocycles. The smallest absolute Gasteiger partial charge is 0.163 e. The minimum Gasteiger partial charge on any atom is -0.465 e. The number of carbonyl (C=O) groups excluding carboxylic acids is 2. The van der Waals surface area contributed by atoms with E-state index in [0.717, 1.165) is 35.5 Å². The molecule has 0 saturated carbocycles. The monoisotopic (exact) mass is 317 g/mol. The van der Waals surface area contributed by atoms with Crippen LogP contribution < -0.4 is 5.73 Å². The lowest BCUT2D eigenvalue weighted by Gasteiger charge is -2.42. The lowest BCUT2D eigenvalue weighted by Crippen LogP contribution is -2.39. The van der Waals surface area contributed by atoms with E-state index in [-0.39, 0.29) is 28.3 Å². The van der Waals surface area contributed by atoms with Gasteiger partial charge in [-0.15, -0.1) is 0 Å². The van der Waals surface area contributed by atoms with Gasteiger partial charge < -0.3 is 10.5 Å². The van der Waals surface area contributed by atoms with Gasteiger partial charge in [0.15, 0.2) is 11.6 Å². The van der Waals surface area contributed by atoms with Crippen molar-refractivity contribution in [2.45, 2.75) is 59.8 Å². The van der Waals surface area contributed by atoms with Crippen molar-refractivity contribution in [3.63, 3.8) is 0 Å². The number of hydrogen-bond donors (Lipinski definition) is 1. The number of ketones is 2. The molecule has 23 heavy (non-hydrogen) atoms. The summed E-state index contributed by atoms with van der Waals surface area (Å²) in [6, 6.07) is 0. The highest BCUT2D eigenvalue weighted by atomic mass is 16.5. The molecule has 0 saturated heterocycles. The van der Waals surface area contributed by atoms with Gasteiger partial charge in [0.25, 0.3) is 0 Å². The highest BCUT2D eigenvalue weighted by Crippen LogP contribution is 2.50. The Kier molecular flexibility index (Phi) is 3.79. The van der Waals surface area contributed by atoms with Gasteiger partial charge in [0.2, 0.25) is 0 Å². The predicted octanol–water partition coefficient (Wildman–Crippen LogP) is 3.27. The van der Waals surface area contributed by atoms with Gasteiger partial charge in [0.1, 0.15) is 11.5 Å². The van der Waals surface area contributed by atoms with Crippen LogP contribution in [0.2, 0.25) is 0 Å². The van der Waals surface area contributed by atoms with Gasteiger partial charge in [-0.05, 0) is 23.8 Å². The molecule has 2 aliphatic carbocycles. The first-order chi connectivity index (χ1) is 10.6. The van der Waals surface area contributed by atoms with E-state index in [2.05, 4.69) is 27.7 Å². The van der Waals surface area contributed by atoms with Crippen LogP contribution in [0.25, 0.3) is 0 Å². The van der Waals surface area contributed by atoms with E-state index >= 15 is 0 Å². The summed E-state index contributed by atoms with van der Waals surface area (Å²) in [5, 5.41) is 0. The molecule has 1 heterocycles. The third-order valence-corrected chi connectivity index (χ3v) is 5.16. The Morgan fingerprint density at radius 2 is 1.35 bits per heavy atom. The molecule has 0 aromatic heterocycles. The third kappa shape index (κ3) is 2.89. The van der Waals surface area contributed by atoms with Crippen LogP contribution in [0.15, 0.2) is 22.7 Å². The van der Waals surface area contributed by atoms with Crippen molar-refractivity contribution < 1.29 is 14.3 Å². The van der Waals surface area contributed by atoms with Gasteiger partial charge in [-0.2, -0.15) is 0 Å². The van der Waals surface area contributed by atoms with Crippen LogP contribution in [-0.4, -0.2) is 18.1 Å². The molecule has 0 amide bonds. The normalized spacial score (nSPS) is 26.8. The summed E-state index contributed by atoms with van der Waals surface area (Å²) in [5.74, 6) is 1.66. The molecule has 0 atom stereocenters. The molecule has 3 rings (SSSR count). The van der Waals surface area contributed by atoms with Gasteiger partial charge in [-0.3, -0.25) is 9.59 Å². The van der Waals surface area contributed by atoms with Crippen molar-refractivity contribution in [1.29, 1.82) is 0 Å². The highest BCUT2D eigenvalue weighted by Gasteiger charge is 2.46. The fraction of sp³-hybridized carbons (Fsp3) is 0.684. The molecule has 0 unspecified atom stereocenters. The Hall–Kier alpha value is -1.42. The van der Waals surface area contributed by atoms with Gasteiger partial charge >= 0.3 is 0 Å². The lowest BCUT2D eigenvalue weighted by atomic mass is 9.66. The molecule has 0 radical (unpaired) electrons. The Bertz CT molecular complexity index is 585. The number of Topliss-reactive ketones (excluding diaryl/α,β-unsaturated/α-hetero) is 2. The molecule has 4 nitrogen and oxygen atoms in total. The van der Waals surface area contributed by atoms with Crippen molar-refractivity contribution in [1.82, 2.24) is 0 Å². The van der Waals surface area contributed by atoms with E-state index in [0.29, 0.717) is 25.8 Å². The van der Waals surface area contributed by atoms with Crippen molar-refractivity contribution in [2.75, 3.05) is 6.54 Å². The zero-order valence-corrected chi connectivity index (χ0v) is 14.6. The van der Waals surface area contributed by atoms with Crippen LogP contribution in [0.1, 0.15) is 59.8 Å². The molecular weight excluding hydrogens is 290 g/mol. The Morgan fingerprint density at radius 1 is 0.913 bits per heavy atom. The second-order valence-corrected chi connectivity index (χ2v) is 8.79. The topological polar surface area (TPSA) is 69.4 Å². The minimum absolute atomic E-state index is 0.0879. The van der Waals surface area contributed by atoms with Crippen LogP contribution >= 0.6 is 0 Å². The maximum absolute atomic E-state index is 12.7. The van der Waals surface area contributed by atoms with Crippen LogP contribution in [0.4, 0.5) is 0 Å². The maximum atomic E-state index is 12.7. The van der Waals surface area contributed by atoms with E-state index in [1.54, 1.807) is 0 Å². The number of ether oxygens (including phenoxy) is 1. The fourth-order valence-electron chi connectivity index (χ4n) is 4.26. The van der Waals surface area contributed by atoms with E-state index in [1.807, 2.05) is 0 Å². The Balaban J connectivity index is 2.07. The number of nitrogens with two attached hydrogens (primary N) is 1. The number of hydrogen-bond acceptors (Lipinski definition) is 4. The quantitative estimate of drug-likeness (QED) is 0.848. The summed E-state index contributed by atoms with van der Waals surface area (Å²) in [6.07, 6.45) is 3.16. The fourth-order valence-corrected chi connectivity index (χ4v) is 4.26. The number of carbonyl (C=O) groups is 2. The van der Waals surface area contributed by atoms with Crippen LogP contribution in [-0.2, 0) is 14.3 Å². The first kappa shape index (κ1) is 16.4. The predicted molar refractivity (Wildman–Crippen MR) is 88.3 cm³/mol. The van der Waals surface area contributed by atoms with E-state index in [9.17, 15) is 9.59 Å².